The van der Waals surface area contributed by atoms with E-state index in [1.165, 1.54) is 25.3 Å². The number of hydrogen-bond donors (Lipinski definition) is 1. The number of methoxy groups -OCH3 is 1. The van der Waals surface area contributed by atoms with Crippen molar-refractivity contribution in [1.82, 2.24) is 0 Å². The smallest absolute Gasteiger partial charge is 0.336 e. The third-order valence-corrected chi connectivity index (χ3v) is 3.65. The largest absolute Gasteiger partial charge is 0.496 e. The zero-order valence-electron chi connectivity index (χ0n) is 10.1. The standard InChI is InChI=1S/C14H11FO3S/c1-18-11-7-2-3-8-12(11)19-13-9(14(16)17)5-4-6-10(13)15/h2-8H,1H3,(H,16,17). The van der Waals surface area contributed by atoms with E-state index in [2.05, 4.69) is 0 Å². The van der Waals surface area contributed by atoms with Gasteiger partial charge in [-0.1, -0.05) is 30.0 Å². The molecule has 0 amide bonds. The molecular weight excluding hydrogens is 267 g/mol. The molecule has 0 saturated carbocycles. The summed E-state index contributed by atoms with van der Waals surface area (Å²) in [6.45, 7) is 0. The first-order valence-electron chi connectivity index (χ1n) is 5.46. The second-order valence-corrected chi connectivity index (χ2v) is 4.73. The number of carboxylic acid groups (broad SMARTS) is 1. The number of halogens is 1. The van der Waals surface area contributed by atoms with Crippen LogP contribution >= 0.6 is 11.8 Å². The van der Waals surface area contributed by atoms with Crippen LogP contribution in [0.3, 0.4) is 0 Å². The zero-order chi connectivity index (χ0) is 13.8. The summed E-state index contributed by atoms with van der Waals surface area (Å²) in [5, 5.41) is 9.08. The minimum absolute atomic E-state index is 0.0593. The molecule has 0 heterocycles. The molecule has 0 unspecified atom stereocenters. The van der Waals surface area contributed by atoms with Crippen molar-refractivity contribution in [2.24, 2.45) is 0 Å². The van der Waals surface area contributed by atoms with Crippen LogP contribution in [0.4, 0.5) is 4.39 Å². The zero-order valence-corrected chi connectivity index (χ0v) is 10.9. The van der Waals surface area contributed by atoms with Gasteiger partial charge in [0.1, 0.15) is 11.6 Å². The molecule has 0 atom stereocenters. The molecule has 5 heteroatoms. The van der Waals surface area contributed by atoms with Crippen LogP contribution < -0.4 is 4.74 Å². The summed E-state index contributed by atoms with van der Waals surface area (Å²) in [6.07, 6.45) is 0. The van der Waals surface area contributed by atoms with Crippen LogP contribution in [0.15, 0.2) is 52.3 Å². The number of benzene rings is 2. The summed E-state index contributed by atoms with van der Waals surface area (Å²) in [4.78, 5) is 11.9. The Hall–Kier alpha value is -2.01. The minimum Gasteiger partial charge on any atom is -0.496 e. The third-order valence-electron chi connectivity index (χ3n) is 2.48. The molecule has 3 nitrogen and oxygen atoms in total. The average Bonchev–Trinajstić information content (AvgIpc) is 2.41. The fourth-order valence-electron chi connectivity index (χ4n) is 1.59. The molecular formula is C14H11FO3S. The predicted octanol–water partition coefficient (Wildman–Crippen LogP) is 3.68. The van der Waals surface area contributed by atoms with Gasteiger partial charge in [0, 0.05) is 0 Å². The second-order valence-electron chi connectivity index (χ2n) is 3.67. The molecule has 19 heavy (non-hydrogen) atoms. The highest BCUT2D eigenvalue weighted by atomic mass is 32.2. The van der Waals surface area contributed by atoms with Gasteiger partial charge in [-0.25, -0.2) is 9.18 Å². The monoisotopic (exact) mass is 278 g/mol. The molecule has 0 aliphatic heterocycles. The molecule has 98 valence electrons. The van der Waals surface area contributed by atoms with Crippen molar-refractivity contribution in [2.45, 2.75) is 9.79 Å². The van der Waals surface area contributed by atoms with Gasteiger partial charge in [0.25, 0.3) is 0 Å². The number of carbonyl (C=O) groups is 1. The van der Waals surface area contributed by atoms with E-state index in [1.54, 1.807) is 24.3 Å². The van der Waals surface area contributed by atoms with Gasteiger partial charge in [-0.05, 0) is 24.3 Å². The Bertz CT molecular complexity index is 613. The van der Waals surface area contributed by atoms with Gasteiger partial charge in [-0.15, -0.1) is 0 Å². The van der Waals surface area contributed by atoms with Crippen molar-refractivity contribution in [3.05, 3.63) is 53.8 Å². The molecule has 0 bridgehead atoms. The van der Waals surface area contributed by atoms with Gasteiger partial charge in [-0.3, -0.25) is 0 Å². The van der Waals surface area contributed by atoms with Crippen molar-refractivity contribution in [2.75, 3.05) is 7.11 Å². The number of para-hydroxylation sites is 1. The van der Waals surface area contributed by atoms with Crippen molar-refractivity contribution in [3.63, 3.8) is 0 Å². The predicted molar refractivity (Wildman–Crippen MR) is 70.5 cm³/mol. The van der Waals surface area contributed by atoms with Gasteiger partial charge in [0.2, 0.25) is 0 Å². The van der Waals surface area contributed by atoms with Crippen LogP contribution in [0.5, 0.6) is 5.75 Å². The Kier molecular flexibility index (Phi) is 4.06. The lowest BCUT2D eigenvalue weighted by atomic mass is 10.2. The Morgan fingerprint density at radius 2 is 1.95 bits per heavy atom. The van der Waals surface area contributed by atoms with Crippen molar-refractivity contribution in [3.8, 4) is 5.75 Å². The number of aromatic carboxylic acids is 1. The number of carboxylic acids is 1. The van der Waals surface area contributed by atoms with E-state index in [-0.39, 0.29) is 10.5 Å². The van der Waals surface area contributed by atoms with Crippen LogP contribution in [0.2, 0.25) is 0 Å². The van der Waals surface area contributed by atoms with Crippen molar-refractivity contribution in [1.29, 1.82) is 0 Å². The van der Waals surface area contributed by atoms with Gasteiger partial charge in [0.05, 0.1) is 22.5 Å². The van der Waals surface area contributed by atoms with Gasteiger partial charge in [0.15, 0.2) is 0 Å². The van der Waals surface area contributed by atoms with Crippen LogP contribution in [0.25, 0.3) is 0 Å². The molecule has 0 aromatic heterocycles. The number of rotatable bonds is 4. The highest BCUT2D eigenvalue weighted by Gasteiger charge is 2.16. The molecule has 2 aromatic rings. The molecule has 0 aliphatic rings. The van der Waals surface area contributed by atoms with E-state index in [1.807, 2.05) is 0 Å². The SMILES string of the molecule is COc1ccccc1Sc1c(F)cccc1C(=O)O. The number of ether oxygens (including phenoxy) is 1. The van der Waals surface area contributed by atoms with Crippen molar-refractivity contribution < 1.29 is 19.0 Å². The minimum atomic E-state index is -1.16. The van der Waals surface area contributed by atoms with E-state index in [9.17, 15) is 9.18 Å². The van der Waals surface area contributed by atoms with Gasteiger partial charge >= 0.3 is 5.97 Å². The van der Waals surface area contributed by atoms with E-state index in [0.717, 1.165) is 11.8 Å². The fourth-order valence-corrected chi connectivity index (χ4v) is 2.64. The maximum absolute atomic E-state index is 13.8. The van der Waals surface area contributed by atoms with Gasteiger partial charge < -0.3 is 9.84 Å². The van der Waals surface area contributed by atoms with Crippen LogP contribution in [-0.4, -0.2) is 18.2 Å². The first kappa shape index (κ1) is 13.4. The highest BCUT2D eigenvalue weighted by Crippen LogP contribution is 2.37. The number of hydrogen-bond acceptors (Lipinski definition) is 3. The lowest BCUT2D eigenvalue weighted by Crippen LogP contribution is -2.00. The van der Waals surface area contributed by atoms with Crippen LogP contribution in [0.1, 0.15) is 10.4 Å². The molecule has 0 fully saturated rings. The summed E-state index contributed by atoms with van der Waals surface area (Å²) < 4.78 is 19.0. The Labute approximate surface area is 114 Å². The molecule has 0 radical (unpaired) electrons. The summed E-state index contributed by atoms with van der Waals surface area (Å²) >= 11 is 1.04. The molecule has 0 aliphatic carbocycles. The maximum atomic E-state index is 13.8. The molecule has 2 aromatic carbocycles. The van der Waals surface area contributed by atoms with E-state index in [4.69, 9.17) is 9.84 Å². The first-order valence-corrected chi connectivity index (χ1v) is 6.28. The lowest BCUT2D eigenvalue weighted by Gasteiger charge is -2.10. The molecule has 1 N–H and O–H groups in total. The normalized spacial score (nSPS) is 10.2. The molecule has 0 saturated heterocycles. The fraction of sp³-hybridized carbons (Fsp3) is 0.0714. The Morgan fingerprint density at radius 1 is 1.21 bits per heavy atom. The molecule has 2 rings (SSSR count). The highest BCUT2D eigenvalue weighted by molar-refractivity contribution is 7.99. The summed E-state index contributed by atoms with van der Waals surface area (Å²) in [5.74, 6) is -1.14. The van der Waals surface area contributed by atoms with Crippen molar-refractivity contribution >= 4 is 17.7 Å². The Morgan fingerprint density at radius 3 is 2.63 bits per heavy atom. The topological polar surface area (TPSA) is 46.5 Å². The third kappa shape index (κ3) is 2.88. The van der Waals surface area contributed by atoms with Gasteiger partial charge in [-0.2, -0.15) is 0 Å². The van der Waals surface area contributed by atoms with E-state index >= 15 is 0 Å². The Balaban J connectivity index is 2.46. The van der Waals surface area contributed by atoms with Crippen LogP contribution in [-0.2, 0) is 0 Å². The first-order chi connectivity index (χ1) is 9.13. The summed E-state index contributed by atoms with van der Waals surface area (Å²) in [6, 6.07) is 11.1. The average molecular weight is 278 g/mol. The second kappa shape index (κ2) is 5.75. The van der Waals surface area contributed by atoms with E-state index < -0.39 is 11.8 Å². The van der Waals surface area contributed by atoms with E-state index in [0.29, 0.717) is 10.6 Å². The summed E-state index contributed by atoms with van der Waals surface area (Å²) in [7, 11) is 1.51. The summed E-state index contributed by atoms with van der Waals surface area (Å²) in [5.41, 5.74) is -0.0593. The van der Waals surface area contributed by atoms with Crippen LogP contribution in [0, 0.1) is 5.82 Å². The quantitative estimate of drug-likeness (QED) is 0.926. The lowest BCUT2D eigenvalue weighted by molar-refractivity contribution is 0.0692. The maximum Gasteiger partial charge on any atom is 0.336 e. The molecule has 0 spiro atoms.